The smallest absolute Gasteiger partial charge is 0.335 e. The Bertz CT molecular complexity index is 1270. The summed E-state index contributed by atoms with van der Waals surface area (Å²) in [6.45, 7) is 5.69. The van der Waals surface area contributed by atoms with Gasteiger partial charge in [-0.05, 0) is 51.6 Å². The molecule has 0 saturated carbocycles. The first-order valence-corrected chi connectivity index (χ1v) is 10.4. The Balaban J connectivity index is 2.02. The lowest BCUT2D eigenvalue weighted by atomic mass is 9.87. The Morgan fingerprint density at radius 3 is 2.23 bits per heavy atom. The lowest BCUT2D eigenvalue weighted by molar-refractivity contribution is -0.128. The average molecular weight is 405 g/mol. The maximum absolute atomic E-state index is 12.0. The highest BCUT2D eigenvalue weighted by Crippen LogP contribution is 2.39. The quantitative estimate of drug-likeness (QED) is 0.146. The average Bonchev–Trinajstić information content (AvgIpc) is 2.83. The molecule has 152 valence electrons. The highest BCUT2D eigenvalue weighted by molar-refractivity contribution is 6.02. The Morgan fingerprint density at radius 2 is 1.48 bits per heavy atom. The molecule has 4 aromatic carbocycles. The van der Waals surface area contributed by atoms with Gasteiger partial charge in [0.2, 0.25) is 0 Å². The van der Waals surface area contributed by atoms with Crippen molar-refractivity contribution in [3.05, 3.63) is 126 Å². The molecule has 0 aromatic heterocycles. The summed E-state index contributed by atoms with van der Waals surface area (Å²) in [5.74, 6) is 0.0560. The van der Waals surface area contributed by atoms with E-state index in [0.717, 1.165) is 28.7 Å². The number of fused-ring (bicyclic) bond motifs is 1. The van der Waals surface area contributed by atoms with Gasteiger partial charge in [-0.15, -0.1) is 0 Å². The Kier molecular flexibility index (Phi) is 6.09. The minimum atomic E-state index is -0.469. The van der Waals surface area contributed by atoms with Crippen molar-refractivity contribution in [2.75, 3.05) is 0 Å². The van der Waals surface area contributed by atoms with Crippen LogP contribution in [0.25, 0.3) is 21.9 Å². The van der Waals surface area contributed by atoms with E-state index in [9.17, 15) is 4.79 Å². The molecule has 2 heteroatoms. The third kappa shape index (κ3) is 4.34. The highest BCUT2D eigenvalue weighted by atomic mass is 16.5. The first-order chi connectivity index (χ1) is 15.2. The van der Waals surface area contributed by atoms with E-state index in [0.29, 0.717) is 5.75 Å². The molecule has 0 fully saturated rings. The van der Waals surface area contributed by atoms with Gasteiger partial charge in [0.05, 0.1) is 0 Å². The summed E-state index contributed by atoms with van der Waals surface area (Å²) in [5.41, 5.74) is 5.37. The molecule has 0 amide bonds. The van der Waals surface area contributed by atoms with E-state index < -0.39 is 5.97 Å². The predicted molar refractivity (Wildman–Crippen MR) is 129 cm³/mol. The topological polar surface area (TPSA) is 26.3 Å². The van der Waals surface area contributed by atoms with Crippen LogP contribution in [0.4, 0.5) is 0 Å². The fourth-order valence-electron chi connectivity index (χ4n) is 3.91. The highest BCUT2D eigenvalue weighted by Gasteiger charge is 2.18. The zero-order chi connectivity index (χ0) is 21.6. The molecule has 0 heterocycles. The minimum Gasteiger partial charge on any atom is -0.423 e. The second kappa shape index (κ2) is 9.27. The molecule has 0 aliphatic rings. The fraction of sp³-hybridized carbons (Fsp3) is 0.0690. The number of ether oxygens (including phenoxy) is 1. The maximum Gasteiger partial charge on any atom is 0.335 e. The van der Waals surface area contributed by atoms with Crippen LogP contribution in [0.1, 0.15) is 30.0 Å². The van der Waals surface area contributed by atoms with Crippen molar-refractivity contribution >= 4 is 27.9 Å². The van der Waals surface area contributed by atoms with Crippen molar-refractivity contribution in [2.45, 2.75) is 13.3 Å². The van der Waals surface area contributed by atoms with Crippen LogP contribution in [0.3, 0.4) is 0 Å². The van der Waals surface area contributed by atoms with Crippen molar-refractivity contribution in [3.63, 3.8) is 0 Å². The lowest BCUT2D eigenvalue weighted by Crippen LogP contribution is -2.06. The van der Waals surface area contributed by atoms with Crippen molar-refractivity contribution in [1.29, 1.82) is 0 Å². The fourth-order valence-corrected chi connectivity index (χ4v) is 3.91. The molecule has 0 saturated heterocycles. The molecule has 0 N–H and O–H groups in total. The van der Waals surface area contributed by atoms with E-state index in [1.54, 1.807) is 0 Å². The number of para-hydroxylation sites is 1. The molecular formula is C29H24O2. The summed E-state index contributed by atoms with van der Waals surface area (Å²) >= 11 is 0. The van der Waals surface area contributed by atoms with Gasteiger partial charge in [0, 0.05) is 11.6 Å². The zero-order valence-electron chi connectivity index (χ0n) is 17.5. The van der Waals surface area contributed by atoms with Crippen LogP contribution in [0.2, 0.25) is 0 Å². The number of carbonyl (C=O) groups excluding carboxylic acids is 1. The Labute approximate surface area is 183 Å². The first kappa shape index (κ1) is 20.4. The number of hydrogen-bond donors (Lipinski definition) is 0. The number of hydrogen-bond acceptors (Lipinski definition) is 2. The van der Waals surface area contributed by atoms with E-state index in [2.05, 4.69) is 56.0 Å². The van der Waals surface area contributed by atoms with Crippen LogP contribution in [0, 0.1) is 0 Å². The summed E-state index contributed by atoms with van der Waals surface area (Å²) in [5, 5.41) is 2.36. The summed E-state index contributed by atoms with van der Waals surface area (Å²) in [4.78, 5) is 12.0. The molecule has 0 aliphatic carbocycles. The summed E-state index contributed by atoms with van der Waals surface area (Å²) in [6.07, 6.45) is 2.02. The van der Waals surface area contributed by atoms with Crippen LogP contribution in [-0.4, -0.2) is 5.97 Å². The van der Waals surface area contributed by atoms with Gasteiger partial charge in [0.25, 0.3) is 0 Å². The number of esters is 1. The van der Waals surface area contributed by atoms with Crippen molar-refractivity contribution in [3.8, 4) is 5.75 Å². The van der Waals surface area contributed by atoms with E-state index in [4.69, 9.17) is 4.74 Å². The minimum absolute atomic E-state index is 0.469. The molecule has 0 radical (unpaired) electrons. The van der Waals surface area contributed by atoms with Gasteiger partial charge in [-0.25, -0.2) is 4.79 Å². The van der Waals surface area contributed by atoms with Gasteiger partial charge in [0.1, 0.15) is 5.75 Å². The molecule has 0 unspecified atom stereocenters. The van der Waals surface area contributed by atoms with Crippen LogP contribution < -0.4 is 4.74 Å². The molecule has 0 atom stereocenters. The van der Waals surface area contributed by atoms with Crippen molar-refractivity contribution in [1.82, 2.24) is 0 Å². The molecule has 4 aromatic rings. The van der Waals surface area contributed by atoms with E-state index in [1.165, 1.54) is 22.4 Å². The van der Waals surface area contributed by atoms with Gasteiger partial charge >= 0.3 is 5.97 Å². The second-order valence-corrected chi connectivity index (χ2v) is 7.26. The molecule has 31 heavy (non-hydrogen) atoms. The van der Waals surface area contributed by atoms with Gasteiger partial charge in [-0.3, -0.25) is 0 Å². The molecule has 0 aliphatic heterocycles. The Morgan fingerprint density at radius 1 is 0.806 bits per heavy atom. The molecule has 0 bridgehead atoms. The first-order valence-electron chi connectivity index (χ1n) is 10.4. The van der Waals surface area contributed by atoms with Crippen molar-refractivity contribution < 1.29 is 9.53 Å². The number of rotatable bonds is 6. The van der Waals surface area contributed by atoms with Gasteiger partial charge in [0.15, 0.2) is 0 Å². The summed E-state index contributed by atoms with van der Waals surface area (Å²) < 4.78 is 5.62. The van der Waals surface area contributed by atoms with Crippen LogP contribution >= 0.6 is 0 Å². The molecule has 4 rings (SSSR count). The number of carbonyl (C=O) groups is 1. The molecule has 2 nitrogen and oxygen atoms in total. The Hall–Kier alpha value is -3.91. The molecule has 0 spiro atoms. The van der Waals surface area contributed by atoms with Gasteiger partial charge in [-0.1, -0.05) is 98.4 Å². The zero-order valence-corrected chi connectivity index (χ0v) is 17.5. The number of benzene rings is 4. The van der Waals surface area contributed by atoms with E-state index >= 15 is 0 Å². The third-order valence-corrected chi connectivity index (χ3v) is 5.35. The van der Waals surface area contributed by atoms with Gasteiger partial charge in [-0.2, -0.15) is 0 Å². The predicted octanol–water partition coefficient (Wildman–Crippen LogP) is 7.30. The van der Waals surface area contributed by atoms with Crippen LogP contribution in [0.15, 0.2) is 110 Å². The maximum atomic E-state index is 12.0. The van der Waals surface area contributed by atoms with Crippen LogP contribution in [-0.2, 0) is 4.79 Å². The van der Waals surface area contributed by atoms with E-state index in [-0.39, 0.29) is 0 Å². The normalized spacial score (nSPS) is 11.6. The van der Waals surface area contributed by atoms with Crippen LogP contribution in [0.5, 0.6) is 5.75 Å². The summed E-state index contributed by atoms with van der Waals surface area (Å²) in [6, 6.07) is 32.9. The van der Waals surface area contributed by atoms with E-state index in [1.807, 2.05) is 54.6 Å². The lowest BCUT2D eigenvalue weighted by Gasteiger charge is -2.19. The van der Waals surface area contributed by atoms with Crippen molar-refractivity contribution in [2.24, 2.45) is 0 Å². The largest absolute Gasteiger partial charge is 0.423 e. The monoisotopic (exact) mass is 404 g/mol. The standard InChI is InChI=1S/C29H24O2/c1-3-25(22-13-6-5-7-14-22)29(24-19-18-21-12-8-9-15-23(21)20-24)26-16-10-11-17-27(26)31-28(30)4-2/h4-20H,2-3H2,1H3/b29-25+. The number of allylic oxidation sites excluding steroid dienone is 1. The third-order valence-electron chi connectivity index (χ3n) is 5.35. The summed E-state index contributed by atoms with van der Waals surface area (Å²) in [7, 11) is 0. The van der Waals surface area contributed by atoms with Gasteiger partial charge < -0.3 is 4.74 Å². The SMILES string of the molecule is C=CC(=O)Oc1ccccc1/C(=C(\CC)c1ccccc1)c1ccc2ccccc2c1. The molecular weight excluding hydrogens is 380 g/mol. The second-order valence-electron chi connectivity index (χ2n) is 7.26.